The van der Waals surface area contributed by atoms with E-state index in [1.165, 1.54) is 12.8 Å². The highest BCUT2D eigenvalue weighted by Crippen LogP contribution is 2.27. The number of benzene rings is 1. The average molecular weight is 503 g/mol. The molecule has 0 saturated heterocycles. The van der Waals surface area contributed by atoms with Gasteiger partial charge in [-0.2, -0.15) is 0 Å². The number of aromatic nitrogens is 1. The number of ether oxygens (including phenoxy) is 1. The van der Waals surface area contributed by atoms with Crippen molar-refractivity contribution in [3.63, 3.8) is 0 Å². The average Bonchev–Trinajstić information content (AvgIpc) is 2.95. The first kappa shape index (κ1) is 22.4. The van der Waals surface area contributed by atoms with Gasteiger partial charge < -0.3 is 4.74 Å². The van der Waals surface area contributed by atoms with Crippen molar-refractivity contribution in [2.75, 3.05) is 13.2 Å². The fourth-order valence-corrected chi connectivity index (χ4v) is 5.77. The normalized spacial score (nSPS) is 11.9. The number of halogens is 1. The Hall–Kier alpha value is -0.860. The fraction of sp³-hybridized carbons (Fsp3) is 0.524. The minimum absolute atomic E-state index is 0.340. The first-order valence-corrected chi connectivity index (χ1v) is 12.2. The SMILES string of the molecule is CCCCCCc1c(I)cc(CCOCC)n1S(=O)(=O)c1ccc(C)cc1. The number of hydrogen-bond acceptors (Lipinski definition) is 3. The van der Waals surface area contributed by atoms with E-state index in [1.807, 2.05) is 32.0 Å². The highest BCUT2D eigenvalue weighted by atomic mass is 127. The molecular formula is C21H30INO3S. The Morgan fingerprint density at radius 2 is 1.74 bits per heavy atom. The fourth-order valence-electron chi connectivity index (χ4n) is 3.11. The Morgan fingerprint density at radius 3 is 2.37 bits per heavy atom. The van der Waals surface area contributed by atoms with E-state index in [1.54, 1.807) is 16.1 Å². The lowest BCUT2D eigenvalue weighted by Gasteiger charge is -2.15. The van der Waals surface area contributed by atoms with Crippen LogP contribution in [0.4, 0.5) is 0 Å². The van der Waals surface area contributed by atoms with Gasteiger partial charge in [-0.05, 0) is 67.5 Å². The zero-order valence-corrected chi connectivity index (χ0v) is 19.5. The Kier molecular flexibility index (Phi) is 8.82. The quantitative estimate of drug-likeness (QED) is 0.307. The van der Waals surface area contributed by atoms with Crippen LogP contribution in [0, 0.1) is 10.5 Å². The summed E-state index contributed by atoms with van der Waals surface area (Å²) in [4.78, 5) is 0.340. The molecule has 150 valence electrons. The third kappa shape index (κ3) is 5.81. The van der Waals surface area contributed by atoms with E-state index < -0.39 is 10.0 Å². The maximum Gasteiger partial charge on any atom is 0.268 e. The topological polar surface area (TPSA) is 48.3 Å². The van der Waals surface area contributed by atoms with Crippen LogP contribution >= 0.6 is 22.6 Å². The highest BCUT2D eigenvalue weighted by Gasteiger charge is 2.25. The monoisotopic (exact) mass is 503 g/mol. The third-order valence-corrected chi connectivity index (χ3v) is 7.35. The summed E-state index contributed by atoms with van der Waals surface area (Å²) < 4.78 is 35.0. The molecule has 0 spiro atoms. The van der Waals surface area contributed by atoms with Crippen molar-refractivity contribution < 1.29 is 13.2 Å². The van der Waals surface area contributed by atoms with Crippen molar-refractivity contribution in [3.8, 4) is 0 Å². The minimum Gasteiger partial charge on any atom is -0.381 e. The summed E-state index contributed by atoms with van der Waals surface area (Å²) in [6.45, 7) is 7.24. The molecule has 1 aromatic heterocycles. The number of rotatable bonds is 11. The molecule has 1 heterocycles. The molecule has 0 aliphatic rings. The van der Waals surface area contributed by atoms with Crippen molar-refractivity contribution >= 4 is 32.6 Å². The standard InChI is InChI=1S/C21H30INO3S/c1-4-6-7-8-9-21-20(22)16-18(14-15-26-5-2)23(21)27(24,25)19-12-10-17(3)11-13-19/h10-13,16H,4-9,14-15H2,1-3H3. The van der Waals surface area contributed by atoms with Crippen molar-refractivity contribution in [2.45, 2.75) is 64.2 Å². The van der Waals surface area contributed by atoms with Crippen LogP contribution in [0.1, 0.15) is 56.5 Å². The summed E-state index contributed by atoms with van der Waals surface area (Å²) in [5, 5.41) is 0. The van der Waals surface area contributed by atoms with Gasteiger partial charge in [0, 0.05) is 28.0 Å². The molecule has 0 amide bonds. The maximum atomic E-state index is 13.4. The van der Waals surface area contributed by atoms with Gasteiger partial charge in [0.2, 0.25) is 0 Å². The second-order valence-corrected chi connectivity index (χ2v) is 9.72. The first-order chi connectivity index (χ1) is 12.9. The molecule has 0 aliphatic heterocycles. The van der Waals surface area contributed by atoms with Crippen molar-refractivity contribution in [1.29, 1.82) is 0 Å². The van der Waals surface area contributed by atoms with Gasteiger partial charge in [0.25, 0.3) is 10.0 Å². The Morgan fingerprint density at radius 1 is 1.04 bits per heavy atom. The summed E-state index contributed by atoms with van der Waals surface area (Å²) in [5.41, 5.74) is 2.75. The molecule has 27 heavy (non-hydrogen) atoms. The summed E-state index contributed by atoms with van der Waals surface area (Å²) in [7, 11) is -3.62. The summed E-state index contributed by atoms with van der Waals surface area (Å²) in [6, 6.07) is 9.10. The van der Waals surface area contributed by atoms with Gasteiger partial charge in [-0.1, -0.05) is 43.9 Å². The second kappa shape index (κ2) is 10.6. The van der Waals surface area contributed by atoms with E-state index in [2.05, 4.69) is 29.5 Å². The molecular weight excluding hydrogens is 473 g/mol. The lowest BCUT2D eigenvalue weighted by molar-refractivity contribution is 0.150. The molecule has 0 radical (unpaired) electrons. The van der Waals surface area contributed by atoms with E-state index in [4.69, 9.17) is 4.74 Å². The largest absolute Gasteiger partial charge is 0.381 e. The van der Waals surface area contributed by atoms with Gasteiger partial charge in [0.15, 0.2) is 0 Å². The third-order valence-electron chi connectivity index (χ3n) is 4.61. The Labute approximate surface area is 177 Å². The molecule has 2 rings (SSSR count). The van der Waals surface area contributed by atoms with Crippen LogP contribution in [0.25, 0.3) is 0 Å². The first-order valence-electron chi connectivity index (χ1n) is 9.70. The predicted molar refractivity (Wildman–Crippen MR) is 119 cm³/mol. The molecule has 1 aromatic carbocycles. The van der Waals surface area contributed by atoms with E-state index in [-0.39, 0.29) is 0 Å². The molecule has 0 fully saturated rings. The molecule has 0 bridgehead atoms. The zero-order valence-electron chi connectivity index (χ0n) is 16.5. The van der Waals surface area contributed by atoms with E-state index >= 15 is 0 Å². The summed E-state index contributed by atoms with van der Waals surface area (Å²) >= 11 is 2.27. The molecule has 2 aromatic rings. The smallest absolute Gasteiger partial charge is 0.268 e. The van der Waals surface area contributed by atoms with Crippen LogP contribution in [0.2, 0.25) is 0 Å². The number of hydrogen-bond donors (Lipinski definition) is 0. The van der Waals surface area contributed by atoms with Gasteiger partial charge >= 0.3 is 0 Å². The van der Waals surface area contributed by atoms with Crippen LogP contribution in [0.5, 0.6) is 0 Å². The Balaban J connectivity index is 2.43. The lowest BCUT2D eigenvalue weighted by Crippen LogP contribution is -2.19. The van der Waals surface area contributed by atoms with Gasteiger partial charge in [0.05, 0.1) is 11.5 Å². The summed E-state index contributed by atoms with van der Waals surface area (Å²) in [5.74, 6) is 0. The van der Waals surface area contributed by atoms with Gasteiger partial charge in [-0.3, -0.25) is 0 Å². The molecule has 4 nitrogen and oxygen atoms in total. The van der Waals surface area contributed by atoms with Crippen molar-refractivity contribution in [3.05, 3.63) is 50.9 Å². The molecule has 0 N–H and O–H groups in total. The van der Waals surface area contributed by atoms with Crippen LogP contribution in [0.15, 0.2) is 35.2 Å². The van der Waals surface area contributed by atoms with Gasteiger partial charge in [0.1, 0.15) is 0 Å². The maximum absolute atomic E-state index is 13.4. The predicted octanol–water partition coefficient (Wildman–Crippen LogP) is 5.34. The van der Waals surface area contributed by atoms with E-state index in [9.17, 15) is 8.42 Å². The zero-order chi connectivity index (χ0) is 19.9. The minimum atomic E-state index is -3.62. The van der Waals surface area contributed by atoms with E-state index in [0.29, 0.717) is 24.5 Å². The lowest BCUT2D eigenvalue weighted by atomic mass is 10.1. The van der Waals surface area contributed by atoms with Gasteiger partial charge in [-0.15, -0.1) is 0 Å². The second-order valence-electron chi connectivity index (χ2n) is 6.77. The van der Waals surface area contributed by atoms with Crippen molar-refractivity contribution in [1.82, 2.24) is 3.97 Å². The highest BCUT2D eigenvalue weighted by molar-refractivity contribution is 14.1. The van der Waals surface area contributed by atoms with Crippen molar-refractivity contribution in [2.24, 2.45) is 0 Å². The van der Waals surface area contributed by atoms with E-state index in [0.717, 1.165) is 39.8 Å². The van der Waals surface area contributed by atoms with Crippen LogP contribution in [0.3, 0.4) is 0 Å². The molecule has 6 heteroatoms. The summed E-state index contributed by atoms with van der Waals surface area (Å²) in [6.07, 6.45) is 5.83. The molecule has 0 aliphatic carbocycles. The van der Waals surface area contributed by atoms with Crippen LogP contribution in [-0.4, -0.2) is 25.6 Å². The molecule has 0 saturated carbocycles. The van der Waals surface area contributed by atoms with Gasteiger partial charge in [-0.25, -0.2) is 12.4 Å². The number of nitrogens with zero attached hydrogens (tertiary/aromatic N) is 1. The van der Waals surface area contributed by atoms with Crippen LogP contribution in [-0.2, 0) is 27.6 Å². The number of aryl methyl sites for hydroxylation is 1. The van der Waals surface area contributed by atoms with Crippen LogP contribution < -0.4 is 0 Å². The number of unbranched alkanes of at least 4 members (excludes halogenated alkanes) is 3. The Bertz CT molecular complexity index is 826. The molecule has 0 atom stereocenters. The molecule has 0 unspecified atom stereocenters.